The quantitative estimate of drug-likeness (QED) is 0.520. The van der Waals surface area contributed by atoms with Gasteiger partial charge in [-0.3, -0.25) is 9.69 Å². The van der Waals surface area contributed by atoms with E-state index in [1.165, 1.54) is 5.56 Å². The van der Waals surface area contributed by atoms with Gasteiger partial charge in [0.2, 0.25) is 0 Å². The van der Waals surface area contributed by atoms with Gasteiger partial charge in [-0.05, 0) is 54.4 Å². The monoisotopic (exact) mass is 487 g/mol. The van der Waals surface area contributed by atoms with Gasteiger partial charge in [0, 0.05) is 61.5 Å². The smallest absolute Gasteiger partial charge is 0.255 e. The number of rotatable bonds is 7. The Hall–Kier alpha value is -3.46. The van der Waals surface area contributed by atoms with Crippen molar-refractivity contribution in [3.63, 3.8) is 0 Å². The molecule has 188 valence electrons. The van der Waals surface area contributed by atoms with Gasteiger partial charge in [0.25, 0.3) is 5.91 Å². The number of pyridine rings is 1. The van der Waals surface area contributed by atoms with E-state index in [-0.39, 0.29) is 5.91 Å². The molecule has 8 heteroatoms. The average molecular weight is 488 g/mol. The SMILES string of the molecule is Cc1ccc(NC(=O)c2ccnc(N3CCOCC3)c2)cc1Nc1ccc(CN2CCOCC2)cc1. The number of nitrogens with zero attached hydrogens (tertiary/aromatic N) is 3. The third-order valence-electron chi connectivity index (χ3n) is 6.58. The maximum absolute atomic E-state index is 13.0. The highest BCUT2D eigenvalue weighted by Crippen LogP contribution is 2.25. The van der Waals surface area contributed by atoms with Crippen LogP contribution < -0.4 is 15.5 Å². The first-order valence-corrected chi connectivity index (χ1v) is 12.5. The first-order chi connectivity index (χ1) is 17.6. The van der Waals surface area contributed by atoms with Crippen molar-refractivity contribution in [2.24, 2.45) is 0 Å². The van der Waals surface area contributed by atoms with Crippen molar-refractivity contribution in [3.05, 3.63) is 77.5 Å². The molecule has 2 fully saturated rings. The normalized spacial score (nSPS) is 16.5. The van der Waals surface area contributed by atoms with Gasteiger partial charge in [0.05, 0.1) is 26.4 Å². The van der Waals surface area contributed by atoms with E-state index in [1.807, 2.05) is 24.3 Å². The van der Waals surface area contributed by atoms with Crippen LogP contribution in [0.1, 0.15) is 21.5 Å². The minimum absolute atomic E-state index is 0.158. The number of benzene rings is 2. The van der Waals surface area contributed by atoms with E-state index < -0.39 is 0 Å². The fourth-order valence-corrected chi connectivity index (χ4v) is 4.43. The van der Waals surface area contributed by atoms with E-state index in [1.54, 1.807) is 12.3 Å². The number of hydrogen-bond acceptors (Lipinski definition) is 7. The van der Waals surface area contributed by atoms with Crippen LogP contribution in [-0.4, -0.2) is 68.4 Å². The number of amides is 1. The van der Waals surface area contributed by atoms with Crippen molar-refractivity contribution >= 4 is 28.8 Å². The summed E-state index contributed by atoms with van der Waals surface area (Å²) in [5.74, 6) is 0.642. The molecule has 1 amide bonds. The summed E-state index contributed by atoms with van der Waals surface area (Å²) in [6.07, 6.45) is 1.69. The highest BCUT2D eigenvalue weighted by atomic mass is 16.5. The van der Waals surface area contributed by atoms with E-state index in [0.717, 1.165) is 74.4 Å². The Balaban J connectivity index is 1.23. The first kappa shape index (κ1) is 24.2. The lowest BCUT2D eigenvalue weighted by atomic mass is 10.1. The highest BCUT2D eigenvalue weighted by Gasteiger charge is 2.15. The van der Waals surface area contributed by atoms with E-state index in [2.05, 4.69) is 56.6 Å². The third kappa shape index (κ3) is 6.20. The summed E-state index contributed by atoms with van der Waals surface area (Å²) in [5, 5.41) is 6.53. The molecule has 0 saturated carbocycles. The topological polar surface area (TPSA) is 79.0 Å². The Morgan fingerprint density at radius 3 is 2.33 bits per heavy atom. The number of aryl methyl sites for hydroxylation is 1. The molecule has 2 N–H and O–H groups in total. The van der Waals surface area contributed by atoms with Crippen LogP contribution in [0.5, 0.6) is 0 Å². The van der Waals surface area contributed by atoms with Crippen LogP contribution in [0.4, 0.5) is 22.9 Å². The summed E-state index contributed by atoms with van der Waals surface area (Å²) in [5.41, 5.74) is 5.67. The molecule has 0 radical (unpaired) electrons. The molecule has 2 saturated heterocycles. The number of ether oxygens (including phenoxy) is 2. The van der Waals surface area contributed by atoms with Crippen LogP contribution >= 0.6 is 0 Å². The van der Waals surface area contributed by atoms with Crippen LogP contribution in [0, 0.1) is 6.92 Å². The standard InChI is InChI=1S/C28H33N5O3/c1-21-2-5-25(31-28(34)23-8-9-29-27(18-23)33-12-16-36-17-13-33)19-26(21)30-24-6-3-22(4-7-24)20-32-10-14-35-15-11-32/h2-9,18-19,30H,10-17,20H2,1H3,(H,31,34). The van der Waals surface area contributed by atoms with E-state index in [0.29, 0.717) is 18.8 Å². The van der Waals surface area contributed by atoms with Gasteiger partial charge in [-0.15, -0.1) is 0 Å². The molecule has 36 heavy (non-hydrogen) atoms. The van der Waals surface area contributed by atoms with Gasteiger partial charge in [-0.25, -0.2) is 4.98 Å². The Kier molecular flexibility index (Phi) is 7.76. The molecule has 0 bridgehead atoms. The van der Waals surface area contributed by atoms with Crippen LogP contribution in [0.3, 0.4) is 0 Å². The van der Waals surface area contributed by atoms with Gasteiger partial charge in [0.15, 0.2) is 0 Å². The lowest BCUT2D eigenvalue weighted by Gasteiger charge is -2.27. The van der Waals surface area contributed by atoms with Crippen LogP contribution in [0.25, 0.3) is 0 Å². The number of carbonyl (C=O) groups excluding carboxylic acids is 1. The van der Waals surface area contributed by atoms with Crippen molar-refractivity contribution in [1.29, 1.82) is 0 Å². The summed E-state index contributed by atoms with van der Waals surface area (Å²) < 4.78 is 10.9. The second-order valence-electron chi connectivity index (χ2n) is 9.20. The van der Waals surface area contributed by atoms with Gasteiger partial charge in [-0.1, -0.05) is 18.2 Å². The van der Waals surface area contributed by atoms with Crippen molar-refractivity contribution in [2.75, 3.05) is 68.1 Å². The van der Waals surface area contributed by atoms with Gasteiger partial charge >= 0.3 is 0 Å². The number of morpholine rings is 2. The highest BCUT2D eigenvalue weighted by molar-refractivity contribution is 6.05. The molecule has 5 rings (SSSR count). The number of aromatic nitrogens is 1. The summed E-state index contributed by atoms with van der Waals surface area (Å²) in [6.45, 7) is 9.46. The molecule has 0 spiro atoms. The Bertz CT molecular complexity index is 1170. The second kappa shape index (κ2) is 11.5. The Morgan fingerprint density at radius 1 is 0.889 bits per heavy atom. The van der Waals surface area contributed by atoms with Crippen LogP contribution in [0.2, 0.25) is 0 Å². The van der Waals surface area contributed by atoms with E-state index in [4.69, 9.17) is 9.47 Å². The molecule has 1 aromatic heterocycles. The molecule has 8 nitrogen and oxygen atoms in total. The maximum Gasteiger partial charge on any atom is 0.255 e. The summed E-state index contributed by atoms with van der Waals surface area (Å²) in [6, 6.07) is 18.0. The minimum atomic E-state index is -0.158. The largest absolute Gasteiger partial charge is 0.379 e. The van der Waals surface area contributed by atoms with E-state index >= 15 is 0 Å². The fourth-order valence-electron chi connectivity index (χ4n) is 4.43. The minimum Gasteiger partial charge on any atom is -0.379 e. The lowest BCUT2D eigenvalue weighted by molar-refractivity contribution is 0.0342. The zero-order chi connectivity index (χ0) is 24.7. The zero-order valence-corrected chi connectivity index (χ0v) is 20.7. The lowest BCUT2D eigenvalue weighted by Crippen LogP contribution is -2.36. The number of nitrogens with one attached hydrogen (secondary N) is 2. The van der Waals surface area contributed by atoms with Crippen LogP contribution in [-0.2, 0) is 16.0 Å². The predicted octanol–water partition coefficient (Wildman–Crippen LogP) is 4.05. The fraction of sp³-hybridized carbons (Fsp3) is 0.357. The predicted molar refractivity (Wildman–Crippen MR) is 142 cm³/mol. The van der Waals surface area contributed by atoms with Crippen molar-refractivity contribution < 1.29 is 14.3 Å². The summed E-state index contributed by atoms with van der Waals surface area (Å²) >= 11 is 0. The van der Waals surface area contributed by atoms with Crippen LogP contribution in [0.15, 0.2) is 60.8 Å². The van der Waals surface area contributed by atoms with Crippen molar-refractivity contribution in [2.45, 2.75) is 13.5 Å². The third-order valence-corrected chi connectivity index (χ3v) is 6.58. The second-order valence-corrected chi connectivity index (χ2v) is 9.20. The molecule has 0 aliphatic carbocycles. The maximum atomic E-state index is 13.0. The van der Waals surface area contributed by atoms with Crippen molar-refractivity contribution in [1.82, 2.24) is 9.88 Å². The van der Waals surface area contributed by atoms with Gasteiger partial charge in [-0.2, -0.15) is 0 Å². The number of anilines is 4. The number of carbonyl (C=O) groups is 1. The van der Waals surface area contributed by atoms with Gasteiger partial charge in [0.1, 0.15) is 5.82 Å². The molecular formula is C28H33N5O3. The van der Waals surface area contributed by atoms with Crippen molar-refractivity contribution in [3.8, 4) is 0 Å². The molecule has 3 heterocycles. The molecular weight excluding hydrogens is 454 g/mol. The number of hydrogen-bond donors (Lipinski definition) is 2. The summed E-state index contributed by atoms with van der Waals surface area (Å²) in [4.78, 5) is 22.0. The molecule has 0 unspecified atom stereocenters. The molecule has 3 aromatic rings. The summed E-state index contributed by atoms with van der Waals surface area (Å²) in [7, 11) is 0. The molecule has 2 aliphatic heterocycles. The molecule has 0 atom stereocenters. The van der Waals surface area contributed by atoms with E-state index in [9.17, 15) is 4.79 Å². The molecule has 2 aromatic carbocycles. The Morgan fingerprint density at radius 2 is 1.58 bits per heavy atom. The first-order valence-electron chi connectivity index (χ1n) is 12.5. The zero-order valence-electron chi connectivity index (χ0n) is 20.7. The van der Waals surface area contributed by atoms with Gasteiger partial charge < -0.3 is 25.0 Å². The Labute approximate surface area is 212 Å². The average Bonchev–Trinajstić information content (AvgIpc) is 2.93. The molecule has 2 aliphatic rings.